The number of aliphatic carboxylic acids is 1. The van der Waals surface area contributed by atoms with Crippen LogP contribution < -0.4 is 5.32 Å². The molecule has 1 aromatic carbocycles. The lowest BCUT2D eigenvalue weighted by molar-refractivity contribution is -0.139. The summed E-state index contributed by atoms with van der Waals surface area (Å²) in [5, 5.41) is 12.1. The molecule has 0 saturated heterocycles. The Morgan fingerprint density at radius 2 is 2.10 bits per heavy atom. The van der Waals surface area contributed by atoms with E-state index in [2.05, 4.69) is 21.2 Å². The van der Waals surface area contributed by atoms with Crippen molar-refractivity contribution in [2.75, 3.05) is 13.7 Å². The molecule has 0 aliphatic rings. The molecular formula is C14H17BrClNO4. The lowest BCUT2D eigenvalue weighted by atomic mass is 9.98. The molecule has 0 saturated carbocycles. The van der Waals surface area contributed by atoms with Gasteiger partial charge in [0, 0.05) is 17.1 Å². The highest BCUT2D eigenvalue weighted by Gasteiger charge is 2.30. The number of carbonyl (C=O) groups excluding carboxylic acids is 1. The number of ether oxygens (including phenoxy) is 1. The molecular weight excluding hydrogens is 362 g/mol. The molecule has 0 spiro atoms. The SMILES string of the molecule is COCC(C)(CC(=O)O)NC(=O)c1cc(C)c(Br)c(Cl)c1. The van der Waals surface area contributed by atoms with Crippen molar-refractivity contribution in [3.63, 3.8) is 0 Å². The van der Waals surface area contributed by atoms with Gasteiger partial charge in [-0.15, -0.1) is 0 Å². The van der Waals surface area contributed by atoms with Gasteiger partial charge >= 0.3 is 5.97 Å². The van der Waals surface area contributed by atoms with Crippen molar-refractivity contribution in [2.24, 2.45) is 0 Å². The van der Waals surface area contributed by atoms with Crippen molar-refractivity contribution in [2.45, 2.75) is 25.8 Å². The van der Waals surface area contributed by atoms with Gasteiger partial charge in [-0.2, -0.15) is 0 Å². The molecule has 0 aromatic heterocycles. The second kappa shape index (κ2) is 7.24. The zero-order valence-electron chi connectivity index (χ0n) is 12.0. The predicted molar refractivity (Wildman–Crippen MR) is 83.9 cm³/mol. The number of aryl methyl sites for hydroxylation is 1. The Balaban J connectivity index is 2.99. The highest BCUT2D eigenvalue weighted by molar-refractivity contribution is 9.10. The number of halogens is 2. The van der Waals surface area contributed by atoms with Crippen LogP contribution >= 0.6 is 27.5 Å². The van der Waals surface area contributed by atoms with E-state index in [1.165, 1.54) is 13.2 Å². The van der Waals surface area contributed by atoms with Gasteiger partial charge in [-0.1, -0.05) is 11.6 Å². The fraction of sp³-hybridized carbons (Fsp3) is 0.429. The summed E-state index contributed by atoms with van der Waals surface area (Å²) >= 11 is 9.35. The van der Waals surface area contributed by atoms with Crippen LogP contribution in [-0.4, -0.2) is 36.2 Å². The summed E-state index contributed by atoms with van der Waals surface area (Å²) in [6.45, 7) is 3.53. The van der Waals surface area contributed by atoms with Crippen molar-refractivity contribution in [3.05, 3.63) is 32.8 Å². The molecule has 1 aromatic rings. The monoisotopic (exact) mass is 377 g/mol. The molecule has 0 bridgehead atoms. The number of benzene rings is 1. The number of hydrogen-bond acceptors (Lipinski definition) is 3. The number of carboxylic acid groups (broad SMARTS) is 1. The Morgan fingerprint density at radius 3 is 2.57 bits per heavy atom. The van der Waals surface area contributed by atoms with Gasteiger partial charge in [0.05, 0.1) is 23.6 Å². The quantitative estimate of drug-likeness (QED) is 0.798. The molecule has 1 amide bonds. The Bertz CT molecular complexity index is 541. The summed E-state index contributed by atoms with van der Waals surface area (Å²) in [5.74, 6) is -1.41. The number of nitrogens with one attached hydrogen (secondary N) is 1. The van der Waals surface area contributed by atoms with E-state index in [4.69, 9.17) is 21.4 Å². The van der Waals surface area contributed by atoms with Crippen molar-refractivity contribution in [3.8, 4) is 0 Å². The zero-order valence-corrected chi connectivity index (χ0v) is 14.3. The number of amides is 1. The molecule has 116 valence electrons. The maximum absolute atomic E-state index is 12.3. The Kier molecular flexibility index (Phi) is 6.19. The van der Waals surface area contributed by atoms with Crippen LogP contribution in [0.15, 0.2) is 16.6 Å². The number of methoxy groups -OCH3 is 1. The second-order valence-electron chi connectivity index (χ2n) is 5.11. The molecule has 0 radical (unpaired) electrons. The third kappa shape index (κ3) is 4.98. The van der Waals surface area contributed by atoms with Crippen LogP contribution in [-0.2, 0) is 9.53 Å². The van der Waals surface area contributed by atoms with Crippen LogP contribution in [0.3, 0.4) is 0 Å². The number of carboxylic acids is 1. The van der Waals surface area contributed by atoms with Crippen LogP contribution in [0, 0.1) is 6.92 Å². The molecule has 1 atom stereocenters. The van der Waals surface area contributed by atoms with E-state index in [0.717, 1.165) is 10.0 Å². The van der Waals surface area contributed by atoms with E-state index >= 15 is 0 Å². The van der Waals surface area contributed by atoms with Crippen LogP contribution in [0.1, 0.15) is 29.3 Å². The first-order valence-corrected chi connectivity index (χ1v) is 7.34. The van der Waals surface area contributed by atoms with Gasteiger partial charge < -0.3 is 15.2 Å². The topological polar surface area (TPSA) is 75.6 Å². The molecule has 0 fully saturated rings. The number of hydrogen-bond donors (Lipinski definition) is 2. The first-order valence-electron chi connectivity index (χ1n) is 6.17. The molecule has 1 rings (SSSR count). The molecule has 0 aliphatic carbocycles. The molecule has 5 nitrogen and oxygen atoms in total. The third-order valence-electron chi connectivity index (χ3n) is 2.89. The fourth-order valence-electron chi connectivity index (χ4n) is 1.99. The van der Waals surface area contributed by atoms with Crippen LogP contribution in [0.5, 0.6) is 0 Å². The average molecular weight is 379 g/mol. The summed E-state index contributed by atoms with van der Waals surface area (Å²) in [6, 6.07) is 3.21. The van der Waals surface area contributed by atoms with E-state index in [1.54, 1.807) is 13.0 Å². The summed E-state index contributed by atoms with van der Waals surface area (Å²) in [7, 11) is 1.45. The largest absolute Gasteiger partial charge is 0.481 e. The molecule has 0 aliphatic heterocycles. The molecule has 7 heteroatoms. The van der Waals surface area contributed by atoms with Crippen LogP contribution in [0.25, 0.3) is 0 Å². The van der Waals surface area contributed by atoms with Crippen LogP contribution in [0.2, 0.25) is 5.02 Å². The van der Waals surface area contributed by atoms with E-state index in [0.29, 0.717) is 10.6 Å². The van der Waals surface area contributed by atoms with Crippen LogP contribution in [0.4, 0.5) is 0 Å². The fourth-order valence-corrected chi connectivity index (χ4v) is 2.48. The van der Waals surface area contributed by atoms with Gasteiger partial charge in [0.2, 0.25) is 0 Å². The molecule has 0 heterocycles. The van der Waals surface area contributed by atoms with Crippen molar-refractivity contribution in [1.29, 1.82) is 0 Å². The lowest BCUT2D eigenvalue weighted by Crippen LogP contribution is -2.50. The van der Waals surface area contributed by atoms with Gasteiger partial charge in [0.1, 0.15) is 0 Å². The maximum Gasteiger partial charge on any atom is 0.305 e. The highest BCUT2D eigenvalue weighted by atomic mass is 79.9. The molecule has 1 unspecified atom stereocenters. The lowest BCUT2D eigenvalue weighted by Gasteiger charge is -2.28. The first kappa shape index (κ1) is 17.9. The highest BCUT2D eigenvalue weighted by Crippen LogP contribution is 2.27. The van der Waals surface area contributed by atoms with Crippen molar-refractivity contribution < 1.29 is 19.4 Å². The number of rotatable bonds is 6. The van der Waals surface area contributed by atoms with E-state index < -0.39 is 17.4 Å². The zero-order chi connectivity index (χ0) is 16.2. The average Bonchev–Trinajstić information content (AvgIpc) is 2.34. The minimum atomic E-state index is -1.01. The van der Waals surface area contributed by atoms with Gasteiger partial charge in [-0.25, -0.2) is 0 Å². The van der Waals surface area contributed by atoms with Gasteiger partial charge in [-0.05, 0) is 47.5 Å². The van der Waals surface area contributed by atoms with E-state index in [9.17, 15) is 9.59 Å². The summed E-state index contributed by atoms with van der Waals surface area (Å²) in [5.41, 5.74) is 0.193. The van der Waals surface area contributed by atoms with E-state index in [-0.39, 0.29) is 13.0 Å². The van der Waals surface area contributed by atoms with E-state index in [1.807, 2.05) is 6.92 Å². The Morgan fingerprint density at radius 1 is 1.48 bits per heavy atom. The minimum absolute atomic E-state index is 0.0915. The van der Waals surface area contributed by atoms with Gasteiger partial charge in [0.15, 0.2) is 0 Å². The number of carbonyl (C=O) groups is 2. The Hall–Kier alpha value is -1.11. The first-order chi connectivity index (χ1) is 9.68. The van der Waals surface area contributed by atoms with Gasteiger partial charge in [-0.3, -0.25) is 9.59 Å². The maximum atomic E-state index is 12.3. The Labute approximate surface area is 136 Å². The van der Waals surface area contributed by atoms with Crippen molar-refractivity contribution in [1.82, 2.24) is 5.32 Å². The summed E-state index contributed by atoms with van der Waals surface area (Å²) in [6.07, 6.45) is -0.240. The summed E-state index contributed by atoms with van der Waals surface area (Å²) in [4.78, 5) is 23.2. The predicted octanol–water partition coefficient (Wildman–Crippen LogP) is 3.02. The summed E-state index contributed by atoms with van der Waals surface area (Å²) < 4.78 is 5.73. The van der Waals surface area contributed by atoms with Gasteiger partial charge in [0.25, 0.3) is 5.91 Å². The molecule has 21 heavy (non-hydrogen) atoms. The molecule has 2 N–H and O–H groups in total. The smallest absolute Gasteiger partial charge is 0.305 e. The standard InChI is InChI=1S/C14H17BrClNO4/c1-8-4-9(5-10(16)12(8)15)13(20)17-14(2,7-21-3)6-11(18)19/h4-5H,6-7H2,1-3H3,(H,17,20)(H,18,19). The minimum Gasteiger partial charge on any atom is -0.481 e. The second-order valence-corrected chi connectivity index (χ2v) is 6.31. The normalized spacial score (nSPS) is 13.6. The van der Waals surface area contributed by atoms with Crippen molar-refractivity contribution >= 4 is 39.4 Å². The third-order valence-corrected chi connectivity index (χ3v) is 4.47.